The van der Waals surface area contributed by atoms with Crippen LogP contribution in [-0.2, 0) is 14.3 Å². The van der Waals surface area contributed by atoms with E-state index in [0.29, 0.717) is 22.2 Å². The van der Waals surface area contributed by atoms with Gasteiger partial charge < -0.3 is 19.5 Å². The third kappa shape index (κ3) is 6.04. The molecule has 0 spiro atoms. The highest BCUT2D eigenvalue weighted by atomic mass is 35.5. The zero-order valence-corrected chi connectivity index (χ0v) is 16.0. The molecule has 0 saturated carbocycles. The highest BCUT2D eigenvalue weighted by molar-refractivity contribution is 6.31. The fourth-order valence-electron chi connectivity index (χ4n) is 2.21. The molecule has 0 atom stereocenters. The molecule has 1 amide bonds. The van der Waals surface area contributed by atoms with Gasteiger partial charge in [-0.1, -0.05) is 23.7 Å². The van der Waals surface area contributed by atoms with Crippen LogP contribution in [0.15, 0.2) is 42.5 Å². The molecule has 0 aromatic heterocycles. The summed E-state index contributed by atoms with van der Waals surface area (Å²) in [5, 5.41) is 3.16. The summed E-state index contributed by atoms with van der Waals surface area (Å²) in [7, 11) is 3.03. The topological polar surface area (TPSA) is 73.9 Å². The van der Waals surface area contributed by atoms with Crippen LogP contribution in [-0.4, -0.2) is 32.7 Å². The van der Waals surface area contributed by atoms with Crippen molar-refractivity contribution in [3.63, 3.8) is 0 Å². The van der Waals surface area contributed by atoms with Gasteiger partial charge in [0.1, 0.15) is 11.5 Å². The Kier molecular flexibility index (Phi) is 7.25. The van der Waals surface area contributed by atoms with E-state index in [4.69, 9.17) is 25.8 Å². The second kappa shape index (κ2) is 9.64. The molecule has 0 aliphatic rings. The summed E-state index contributed by atoms with van der Waals surface area (Å²) in [5.41, 5.74) is 2.01. The van der Waals surface area contributed by atoms with Crippen LogP contribution in [0.25, 0.3) is 6.08 Å². The number of carbonyl (C=O) groups is 2. The number of benzene rings is 2. The average Bonchev–Trinajstić information content (AvgIpc) is 2.67. The quantitative estimate of drug-likeness (QED) is 0.575. The lowest BCUT2D eigenvalue weighted by Gasteiger charge is -2.12. The van der Waals surface area contributed by atoms with Crippen molar-refractivity contribution in [1.29, 1.82) is 0 Å². The highest BCUT2D eigenvalue weighted by Gasteiger charge is 2.11. The van der Waals surface area contributed by atoms with Crippen LogP contribution in [0.5, 0.6) is 11.5 Å². The summed E-state index contributed by atoms with van der Waals surface area (Å²) in [4.78, 5) is 23.8. The van der Waals surface area contributed by atoms with E-state index >= 15 is 0 Å². The van der Waals surface area contributed by atoms with Gasteiger partial charge in [-0.2, -0.15) is 0 Å². The summed E-state index contributed by atoms with van der Waals surface area (Å²) in [6, 6.07) is 10.5. The second-order valence-electron chi connectivity index (χ2n) is 5.57. The van der Waals surface area contributed by atoms with Gasteiger partial charge in [-0.3, -0.25) is 4.79 Å². The molecular weight excluding hydrogens is 370 g/mol. The Morgan fingerprint density at radius 3 is 2.63 bits per heavy atom. The van der Waals surface area contributed by atoms with Crippen LogP contribution in [0.3, 0.4) is 0 Å². The molecule has 0 bridgehead atoms. The Bertz CT molecular complexity index is 863. The number of hydrogen-bond acceptors (Lipinski definition) is 5. The minimum absolute atomic E-state index is 0.420. The number of carbonyl (C=O) groups excluding carboxylic acids is 2. The number of esters is 1. The number of ether oxygens (including phenoxy) is 3. The fourth-order valence-corrected chi connectivity index (χ4v) is 2.36. The summed E-state index contributed by atoms with van der Waals surface area (Å²) in [5.74, 6) is -0.0225. The normalized spacial score (nSPS) is 10.5. The minimum atomic E-state index is -0.632. The smallest absolute Gasteiger partial charge is 0.331 e. The third-order valence-electron chi connectivity index (χ3n) is 3.61. The van der Waals surface area contributed by atoms with E-state index in [1.54, 1.807) is 50.4 Å². The van der Waals surface area contributed by atoms with Gasteiger partial charge in [0.2, 0.25) is 0 Å². The first-order valence-corrected chi connectivity index (χ1v) is 8.43. The lowest BCUT2D eigenvalue weighted by atomic mass is 10.2. The standard InChI is InChI=1S/C20H20ClNO5/c1-13-9-17(18(26-3)11-16(13)21)22-19(23)12-27-20(24)8-7-14-5-4-6-15(10-14)25-2/h4-11H,12H2,1-3H3,(H,22,23)/b8-7+. The third-order valence-corrected chi connectivity index (χ3v) is 4.01. The van der Waals surface area contributed by atoms with Crippen molar-refractivity contribution in [3.8, 4) is 11.5 Å². The van der Waals surface area contributed by atoms with Crippen LogP contribution < -0.4 is 14.8 Å². The first kappa shape index (κ1) is 20.3. The summed E-state index contributed by atoms with van der Waals surface area (Å²) >= 11 is 6.03. The van der Waals surface area contributed by atoms with E-state index in [-0.39, 0.29) is 0 Å². The molecule has 0 fully saturated rings. The lowest BCUT2D eigenvalue weighted by molar-refractivity contribution is -0.142. The van der Waals surface area contributed by atoms with Gasteiger partial charge in [0.15, 0.2) is 6.61 Å². The average molecular weight is 390 g/mol. The van der Waals surface area contributed by atoms with Crippen LogP contribution in [0, 0.1) is 6.92 Å². The van der Waals surface area contributed by atoms with Crippen molar-refractivity contribution in [2.75, 3.05) is 26.1 Å². The number of amides is 1. The van der Waals surface area contributed by atoms with E-state index in [1.807, 2.05) is 6.07 Å². The van der Waals surface area contributed by atoms with E-state index in [0.717, 1.165) is 11.1 Å². The van der Waals surface area contributed by atoms with E-state index in [2.05, 4.69) is 5.32 Å². The predicted molar refractivity (Wildman–Crippen MR) is 104 cm³/mol. The summed E-state index contributed by atoms with van der Waals surface area (Å²) < 4.78 is 15.2. The molecule has 2 aromatic carbocycles. The number of halogens is 1. The Hall–Kier alpha value is -2.99. The van der Waals surface area contributed by atoms with Gasteiger partial charge in [0.25, 0.3) is 5.91 Å². The van der Waals surface area contributed by atoms with Crippen molar-refractivity contribution in [3.05, 3.63) is 58.6 Å². The first-order valence-electron chi connectivity index (χ1n) is 8.06. The molecule has 0 aliphatic heterocycles. The van der Waals surface area contributed by atoms with Gasteiger partial charge >= 0.3 is 5.97 Å². The molecule has 142 valence electrons. The molecule has 0 radical (unpaired) electrons. The number of hydrogen-bond donors (Lipinski definition) is 1. The first-order chi connectivity index (χ1) is 12.9. The van der Waals surface area contributed by atoms with Crippen molar-refractivity contribution in [2.24, 2.45) is 0 Å². The van der Waals surface area contributed by atoms with Gasteiger partial charge in [-0.25, -0.2) is 4.79 Å². The van der Waals surface area contributed by atoms with Crippen molar-refractivity contribution >= 4 is 35.2 Å². The minimum Gasteiger partial charge on any atom is -0.497 e. The molecule has 0 saturated heterocycles. The molecule has 6 nitrogen and oxygen atoms in total. The summed E-state index contributed by atoms with van der Waals surface area (Å²) in [6.45, 7) is 1.38. The number of rotatable bonds is 7. The Balaban J connectivity index is 1.90. The molecule has 2 aromatic rings. The van der Waals surface area contributed by atoms with Crippen LogP contribution in [0.4, 0.5) is 5.69 Å². The molecular formula is C20H20ClNO5. The van der Waals surface area contributed by atoms with E-state index < -0.39 is 18.5 Å². The number of methoxy groups -OCH3 is 2. The van der Waals surface area contributed by atoms with Crippen LogP contribution >= 0.6 is 11.6 Å². The van der Waals surface area contributed by atoms with Crippen molar-refractivity contribution < 1.29 is 23.8 Å². The van der Waals surface area contributed by atoms with Gasteiger partial charge in [0, 0.05) is 17.2 Å². The second-order valence-corrected chi connectivity index (χ2v) is 5.97. The molecule has 0 aliphatic carbocycles. The molecule has 0 unspecified atom stereocenters. The van der Waals surface area contributed by atoms with E-state index in [1.165, 1.54) is 13.2 Å². The van der Waals surface area contributed by atoms with Gasteiger partial charge in [-0.15, -0.1) is 0 Å². The molecule has 7 heteroatoms. The Morgan fingerprint density at radius 2 is 1.93 bits per heavy atom. The zero-order chi connectivity index (χ0) is 19.8. The molecule has 1 N–H and O–H groups in total. The molecule has 0 heterocycles. The summed E-state index contributed by atoms with van der Waals surface area (Å²) in [6.07, 6.45) is 2.82. The number of aryl methyl sites for hydroxylation is 1. The maximum absolute atomic E-state index is 12.0. The van der Waals surface area contributed by atoms with E-state index in [9.17, 15) is 9.59 Å². The van der Waals surface area contributed by atoms with Gasteiger partial charge in [-0.05, 0) is 42.3 Å². The van der Waals surface area contributed by atoms with Crippen LogP contribution in [0.2, 0.25) is 5.02 Å². The monoisotopic (exact) mass is 389 g/mol. The highest BCUT2D eigenvalue weighted by Crippen LogP contribution is 2.30. The van der Waals surface area contributed by atoms with Gasteiger partial charge in [0.05, 0.1) is 19.9 Å². The molecule has 27 heavy (non-hydrogen) atoms. The predicted octanol–water partition coefficient (Wildman–Crippen LogP) is 3.86. The lowest BCUT2D eigenvalue weighted by Crippen LogP contribution is -2.20. The maximum atomic E-state index is 12.0. The zero-order valence-electron chi connectivity index (χ0n) is 15.2. The van der Waals surface area contributed by atoms with Crippen molar-refractivity contribution in [1.82, 2.24) is 0 Å². The SMILES string of the molecule is COc1cccc(/C=C/C(=O)OCC(=O)Nc2cc(C)c(Cl)cc2OC)c1. The Labute approximate surface area is 162 Å². The largest absolute Gasteiger partial charge is 0.497 e. The van der Waals surface area contributed by atoms with Crippen molar-refractivity contribution in [2.45, 2.75) is 6.92 Å². The maximum Gasteiger partial charge on any atom is 0.331 e. The fraction of sp³-hybridized carbons (Fsp3) is 0.200. The number of anilines is 1. The Morgan fingerprint density at radius 1 is 1.15 bits per heavy atom. The van der Waals surface area contributed by atoms with Crippen LogP contribution in [0.1, 0.15) is 11.1 Å². The molecule has 2 rings (SSSR count). The number of nitrogens with one attached hydrogen (secondary N) is 1.